The lowest BCUT2D eigenvalue weighted by molar-refractivity contribution is -0.342. The maximum atomic E-state index is 14.0. The number of aromatic hydroxyl groups is 2. The van der Waals surface area contributed by atoms with Crippen LogP contribution in [0, 0.1) is 0 Å². The van der Waals surface area contributed by atoms with Gasteiger partial charge in [-0.1, -0.05) is 0 Å². The molecule has 4 saturated heterocycles. The molecule has 12 N–H and O–H groups in total. The molecule has 0 radical (unpaired) electrons. The number of hydrogen-bond donors (Lipinski definition) is 12. The summed E-state index contributed by atoms with van der Waals surface area (Å²) in [7, 11) is 1.33. The third-order valence-corrected chi connectivity index (χ3v) is 11.1. The van der Waals surface area contributed by atoms with E-state index in [1.807, 2.05) is 0 Å². The Morgan fingerprint density at radius 2 is 1.44 bits per heavy atom. The van der Waals surface area contributed by atoms with Gasteiger partial charge in [0.25, 0.3) is 0 Å². The zero-order chi connectivity index (χ0) is 44.1. The fourth-order valence-corrected chi connectivity index (χ4v) is 7.24. The van der Waals surface area contributed by atoms with E-state index in [1.165, 1.54) is 44.4 Å². The Balaban J connectivity index is 1.08. The molecule has 4 fully saturated rings. The number of aliphatic hydroxyl groups excluding tert-OH is 8. The average Bonchev–Trinajstić information content (AvgIpc) is 3.69. The van der Waals surface area contributed by atoms with E-state index in [-0.39, 0.29) is 33.8 Å². The molecule has 3 aromatic rings. The van der Waals surface area contributed by atoms with Crippen LogP contribution in [0.1, 0.15) is 6.92 Å². The molecule has 23 nitrogen and oxygen atoms in total. The third-order valence-electron chi connectivity index (χ3n) is 11.1. The molecule has 4 aliphatic rings. The maximum absolute atomic E-state index is 14.0. The van der Waals surface area contributed by atoms with Crippen LogP contribution in [0.25, 0.3) is 22.3 Å². The molecular formula is C38H48O23. The fourth-order valence-electron chi connectivity index (χ4n) is 7.24. The summed E-state index contributed by atoms with van der Waals surface area (Å²) in [5.41, 5.74) is -5.11. The highest BCUT2D eigenvalue weighted by molar-refractivity contribution is 5.88. The fraction of sp³-hybridized carbons (Fsp3) is 0.605. The van der Waals surface area contributed by atoms with Crippen molar-refractivity contribution in [3.63, 3.8) is 0 Å². The number of hydrogen-bond acceptors (Lipinski definition) is 23. The molecule has 1 aromatic heterocycles. The minimum atomic E-state index is -2.21. The molecule has 0 amide bonds. The largest absolute Gasteiger partial charge is 0.508 e. The Morgan fingerprint density at radius 1 is 0.770 bits per heavy atom. The standard InChI is InChI=1S/C38H48O23/c1-14-22(42)26(46)30(61-36-32(49)38(51,13-56-36)12-55-35-31(48)37(50,10-39)11-54-35)34(57-14)53-9-20-23(43)25(45)27(47)33(59-20)60-29-24(44)21-18(41)7-17(52-2)8-19(21)58-28(29)15-3-5-16(40)6-4-15/h3-8,14,20,22-23,25-27,30-36,39-43,45-51H,9-13H2,1-2H3/t14-,20+,22-,23+,25-,26+,27+,30+,31-,32-,33-,34+,35-,36-,37+,38+/m0/s1. The lowest BCUT2D eigenvalue weighted by Gasteiger charge is -2.44. The highest BCUT2D eigenvalue weighted by atomic mass is 16.8. The van der Waals surface area contributed by atoms with Crippen molar-refractivity contribution >= 4 is 11.0 Å². The highest BCUT2D eigenvalue weighted by Crippen LogP contribution is 2.39. The van der Waals surface area contributed by atoms with E-state index in [0.29, 0.717) is 0 Å². The summed E-state index contributed by atoms with van der Waals surface area (Å²) in [5.74, 6) is -1.39. The van der Waals surface area contributed by atoms with Gasteiger partial charge in [0.05, 0.1) is 46.2 Å². The predicted molar refractivity (Wildman–Crippen MR) is 197 cm³/mol. The van der Waals surface area contributed by atoms with Crippen LogP contribution in [0.2, 0.25) is 0 Å². The Kier molecular flexibility index (Phi) is 13.1. The van der Waals surface area contributed by atoms with E-state index in [2.05, 4.69) is 0 Å². The quantitative estimate of drug-likeness (QED) is 0.0775. The van der Waals surface area contributed by atoms with Crippen molar-refractivity contribution in [2.45, 2.75) is 104 Å². The number of fused-ring (bicyclic) bond motifs is 1. The van der Waals surface area contributed by atoms with E-state index in [9.17, 15) is 66.1 Å². The Labute approximate surface area is 344 Å². The normalized spacial score (nSPS) is 39.1. The van der Waals surface area contributed by atoms with E-state index in [1.54, 1.807) is 0 Å². The molecule has 7 rings (SSSR count). The van der Waals surface area contributed by atoms with E-state index in [0.717, 1.165) is 6.07 Å². The van der Waals surface area contributed by atoms with Gasteiger partial charge >= 0.3 is 0 Å². The van der Waals surface area contributed by atoms with Crippen LogP contribution in [0.15, 0.2) is 45.6 Å². The van der Waals surface area contributed by atoms with Crippen LogP contribution in [0.3, 0.4) is 0 Å². The van der Waals surface area contributed by atoms with Gasteiger partial charge < -0.3 is 108 Å². The topological polar surface area (TPSA) is 356 Å². The van der Waals surface area contributed by atoms with Crippen molar-refractivity contribution in [2.24, 2.45) is 0 Å². The number of phenols is 2. The summed E-state index contributed by atoms with van der Waals surface area (Å²) in [6.07, 6.45) is -24.0. The van der Waals surface area contributed by atoms with Gasteiger partial charge in [-0.3, -0.25) is 4.79 Å². The molecule has 4 aliphatic heterocycles. The first-order chi connectivity index (χ1) is 28.9. The van der Waals surface area contributed by atoms with Gasteiger partial charge in [-0.2, -0.15) is 0 Å². The smallest absolute Gasteiger partial charge is 0.239 e. The Hall–Kier alpha value is -3.83. The van der Waals surface area contributed by atoms with Gasteiger partial charge in [-0.15, -0.1) is 0 Å². The van der Waals surface area contributed by atoms with Crippen LogP contribution in [0.5, 0.6) is 23.0 Å². The molecule has 16 atom stereocenters. The highest BCUT2D eigenvalue weighted by Gasteiger charge is 2.55. The zero-order valence-electron chi connectivity index (χ0n) is 32.4. The van der Waals surface area contributed by atoms with Crippen molar-refractivity contribution in [3.05, 3.63) is 46.6 Å². The number of ether oxygens (including phenoxy) is 9. The van der Waals surface area contributed by atoms with Gasteiger partial charge in [0, 0.05) is 17.7 Å². The maximum Gasteiger partial charge on any atom is 0.239 e. The van der Waals surface area contributed by atoms with Gasteiger partial charge in [0.1, 0.15) is 94.4 Å². The Morgan fingerprint density at radius 3 is 2.11 bits per heavy atom. The first-order valence-electron chi connectivity index (χ1n) is 19.0. The summed E-state index contributed by atoms with van der Waals surface area (Å²) in [4.78, 5) is 14.0. The Bertz CT molecular complexity index is 2050. The molecule has 0 spiro atoms. The van der Waals surface area contributed by atoms with Gasteiger partial charge in [-0.05, 0) is 31.2 Å². The SMILES string of the molecule is COc1cc(O)c2c(=O)c(O[C@@H]3O[C@H](CO[C@@H]4O[C@@H](C)[C@H](O)[C@@H](O)[C@H]4O[C@@H]4OC[C@](O)(CO[C@@H]5OC[C@](O)(CO)[C@H]5O)[C@H]4O)[C@@H](O)[C@H](O)[C@H]3O)c(-c3ccc(O)cc3)oc2c1. The minimum absolute atomic E-state index is 0.125. The molecule has 61 heavy (non-hydrogen) atoms. The number of benzene rings is 2. The van der Waals surface area contributed by atoms with Crippen LogP contribution in [0.4, 0.5) is 0 Å². The predicted octanol–water partition coefficient (Wildman–Crippen LogP) is -4.16. The summed E-state index contributed by atoms with van der Waals surface area (Å²) in [6, 6.07) is 7.83. The second kappa shape index (κ2) is 17.7. The first-order valence-corrected chi connectivity index (χ1v) is 19.0. The number of aliphatic hydroxyl groups is 10. The van der Waals surface area contributed by atoms with E-state index >= 15 is 0 Å². The molecule has 5 heterocycles. The lowest BCUT2D eigenvalue weighted by atomic mass is 9.98. The van der Waals surface area contributed by atoms with Crippen LogP contribution in [-0.4, -0.2) is 199 Å². The molecule has 0 bridgehead atoms. The van der Waals surface area contributed by atoms with Crippen molar-refractivity contribution < 1.29 is 108 Å². The van der Waals surface area contributed by atoms with Crippen molar-refractivity contribution in [1.29, 1.82) is 0 Å². The van der Waals surface area contributed by atoms with Crippen LogP contribution in [-0.2, 0) is 33.2 Å². The monoisotopic (exact) mass is 872 g/mol. The molecule has 2 aromatic carbocycles. The van der Waals surface area contributed by atoms with Crippen molar-refractivity contribution in [1.82, 2.24) is 0 Å². The van der Waals surface area contributed by atoms with E-state index in [4.69, 9.17) is 47.0 Å². The molecule has 0 aliphatic carbocycles. The summed E-state index contributed by atoms with van der Waals surface area (Å²) in [5, 5.41) is 127. The lowest BCUT2D eigenvalue weighted by Crippen LogP contribution is -2.62. The summed E-state index contributed by atoms with van der Waals surface area (Å²) in [6.45, 7) is -2.01. The second-order valence-corrected chi connectivity index (χ2v) is 15.3. The zero-order valence-corrected chi connectivity index (χ0v) is 32.4. The van der Waals surface area contributed by atoms with Crippen LogP contribution >= 0.6 is 0 Å². The average molecular weight is 873 g/mol. The molecule has 0 saturated carbocycles. The molecular weight excluding hydrogens is 824 g/mol. The van der Waals surface area contributed by atoms with Crippen molar-refractivity contribution in [2.75, 3.05) is 40.1 Å². The van der Waals surface area contributed by atoms with Crippen molar-refractivity contribution in [3.8, 4) is 34.3 Å². The van der Waals surface area contributed by atoms with Gasteiger partial charge in [0.2, 0.25) is 17.5 Å². The van der Waals surface area contributed by atoms with Gasteiger partial charge in [0.15, 0.2) is 24.6 Å². The summed E-state index contributed by atoms with van der Waals surface area (Å²) < 4.78 is 56.2. The second-order valence-electron chi connectivity index (χ2n) is 15.3. The molecule has 338 valence electrons. The molecule has 0 unspecified atom stereocenters. The minimum Gasteiger partial charge on any atom is -0.508 e. The first kappa shape index (κ1) is 45.2. The van der Waals surface area contributed by atoms with Crippen LogP contribution < -0.4 is 14.9 Å². The molecule has 23 heteroatoms. The third kappa shape index (κ3) is 8.63. The number of methoxy groups -OCH3 is 1. The summed E-state index contributed by atoms with van der Waals surface area (Å²) >= 11 is 0. The number of phenolic OH excluding ortho intramolecular Hbond substituents is 2. The van der Waals surface area contributed by atoms with E-state index < -0.39 is 147 Å². The van der Waals surface area contributed by atoms with Gasteiger partial charge in [-0.25, -0.2) is 0 Å². The number of rotatable bonds is 13.